The molecule has 0 spiro atoms. The van der Waals surface area contributed by atoms with Crippen LogP contribution in [0.5, 0.6) is 0 Å². The first kappa shape index (κ1) is 31.6. The van der Waals surface area contributed by atoms with E-state index in [4.69, 9.17) is 0 Å². The molecule has 0 bridgehead atoms. The fourth-order valence-corrected chi connectivity index (χ4v) is 6.74. The summed E-state index contributed by atoms with van der Waals surface area (Å²) in [4.78, 5) is 4.66. The molecular formula is C49H38N2. The molecule has 0 aromatic heterocycles. The number of para-hydroxylation sites is 3. The van der Waals surface area contributed by atoms with Crippen molar-refractivity contribution in [1.29, 1.82) is 0 Å². The van der Waals surface area contributed by atoms with E-state index in [2.05, 4.69) is 229 Å². The number of aryl methyl sites for hydroxylation is 1. The van der Waals surface area contributed by atoms with Crippen LogP contribution < -0.4 is 9.80 Å². The van der Waals surface area contributed by atoms with Crippen LogP contribution in [0, 0.1) is 6.92 Å². The summed E-state index contributed by atoms with van der Waals surface area (Å²) >= 11 is 0. The summed E-state index contributed by atoms with van der Waals surface area (Å²) in [5, 5.41) is 2.46. The molecule has 0 aliphatic rings. The van der Waals surface area contributed by atoms with Crippen LogP contribution in [-0.4, -0.2) is 0 Å². The number of hydrogen-bond donors (Lipinski definition) is 0. The van der Waals surface area contributed by atoms with Crippen molar-refractivity contribution in [1.82, 2.24) is 0 Å². The van der Waals surface area contributed by atoms with Gasteiger partial charge in [-0.15, -0.1) is 0 Å². The Morgan fingerprint density at radius 3 is 1.39 bits per heavy atom. The van der Waals surface area contributed by atoms with Crippen LogP contribution in [-0.2, 0) is 0 Å². The van der Waals surface area contributed by atoms with Crippen molar-refractivity contribution in [2.45, 2.75) is 6.92 Å². The van der Waals surface area contributed by atoms with E-state index in [1.165, 1.54) is 38.8 Å². The van der Waals surface area contributed by atoms with Gasteiger partial charge in [0.15, 0.2) is 0 Å². The Kier molecular flexibility index (Phi) is 8.96. The molecule has 0 aliphatic heterocycles. The molecule has 0 aliphatic carbocycles. The summed E-state index contributed by atoms with van der Waals surface area (Å²) in [7, 11) is 0. The van der Waals surface area contributed by atoms with Crippen LogP contribution in [0.3, 0.4) is 0 Å². The molecule has 0 saturated heterocycles. The van der Waals surface area contributed by atoms with Crippen molar-refractivity contribution < 1.29 is 0 Å². The zero-order valence-electron chi connectivity index (χ0n) is 28.6. The number of hydrogen-bond acceptors (Lipinski definition) is 2. The lowest BCUT2D eigenvalue weighted by atomic mass is 10.0. The van der Waals surface area contributed by atoms with Gasteiger partial charge in [-0.25, -0.2) is 0 Å². The Morgan fingerprint density at radius 2 is 0.765 bits per heavy atom. The monoisotopic (exact) mass is 654 g/mol. The van der Waals surface area contributed by atoms with Crippen LogP contribution in [0.2, 0.25) is 0 Å². The Morgan fingerprint density at radius 1 is 0.333 bits per heavy atom. The normalized spacial score (nSPS) is 11.2. The van der Waals surface area contributed by atoms with Gasteiger partial charge in [-0.2, -0.15) is 0 Å². The second-order valence-corrected chi connectivity index (χ2v) is 12.7. The van der Waals surface area contributed by atoms with E-state index < -0.39 is 0 Å². The minimum absolute atomic E-state index is 1.13. The van der Waals surface area contributed by atoms with Gasteiger partial charge in [0.1, 0.15) is 0 Å². The van der Waals surface area contributed by atoms with Gasteiger partial charge < -0.3 is 9.80 Å². The highest BCUT2D eigenvalue weighted by atomic mass is 15.1. The lowest BCUT2D eigenvalue weighted by molar-refractivity contribution is 1.26. The average molecular weight is 655 g/mol. The number of nitrogens with zero attached hydrogens (tertiary/aromatic N) is 2. The van der Waals surface area contributed by atoms with E-state index in [1.54, 1.807) is 0 Å². The third kappa shape index (κ3) is 6.81. The molecule has 0 N–H and O–H groups in total. The topological polar surface area (TPSA) is 6.48 Å². The van der Waals surface area contributed by atoms with Gasteiger partial charge in [-0.05, 0) is 101 Å². The molecule has 0 unspecified atom stereocenters. The Bertz CT molecular complexity index is 2350. The van der Waals surface area contributed by atoms with Crippen LogP contribution >= 0.6 is 0 Å². The minimum atomic E-state index is 1.13. The zero-order chi connectivity index (χ0) is 34.4. The Labute approximate surface area is 300 Å². The quantitative estimate of drug-likeness (QED) is 0.143. The van der Waals surface area contributed by atoms with Crippen molar-refractivity contribution in [3.63, 3.8) is 0 Å². The third-order valence-electron chi connectivity index (χ3n) is 9.38. The number of fused-ring (bicyclic) bond motifs is 1. The number of rotatable bonds is 9. The molecule has 2 nitrogen and oxygen atoms in total. The Balaban J connectivity index is 1.01. The summed E-state index contributed by atoms with van der Waals surface area (Å²) < 4.78 is 0. The SMILES string of the molecule is Cc1ccccc1N(c1ccc(C=Cc2ccc(-c3ccc(N(c4ccccc4)c4ccccc4)cc3)cc2)cc1)c1cccc2ccccc12. The van der Waals surface area contributed by atoms with Crippen LogP contribution in [0.15, 0.2) is 200 Å². The molecule has 0 atom stereocenters. The third-order valence-corrected chi connectivity index (χ3v) is 9.38. The minimum Gasteiger partial charge on any atom is -0.311 e. The van der Waals surface area contributed by atoms with E-state index in [-0.39, 0.29) is 0 Å². The summed E-state index contributed by atoms with van der Waals surface area (Å²) in [5.41, 5.74) is 12.8. The first-order chi connectivity index (χ1) is 25.2. The number of anilines is 6. The maximum Gasteiger partial charge on any atom is 0.0540 e. The zero-order valence-corrected chi connectivity index (χ0v) is 28.6. The smallest absolute Gasteiger partial charge is 0.0540 e. The van der Waals surface area contributed by atoms with Crippen LogP contribution in [0.4, 0.5) is 34.1 Å². The molecule has 0 saturated carbocycles. The van der Waals surface area contributed by atoms with Gasteiger partial charge in [0, 0.05) is 33.8 Å². The molecular weight excluding hydrogens is 617 g/mol. The predicted molar refractivity (Wildman–Crippen MR) is 219 cm³/mol. The summed E-state index contributed by atoms with van der Waals surface area (Å²) in [6.45, 7) is 2.18. The first-order valence-electron chi connectivity index (χ1n) is 17.4. The van der Waals surface area contributed by atoms with Gasteiger partial charge >= 0.3 is 0 Å². The van der Waals surface area contributed by atoms with E-state index in [0.717, 1.165) is 33.9 Å². The van der Waals surface area contributed by atoms with E-state index in [1.807, 2.05) is 0 Å². The van der Waals surface area contributed by atoms with Crippen molar-refractivity contribution >= 4 is 57.0 Å². The first-order valence-corrected chi connectivity index (χ1v) is 17.4. The van der Waals surface area contributed by atoms with E-state index in [0.29, 0.717) is 0 Å². The predicted octanol–water partition coefficient (Wildman–Crippen LogP) is 13.9. The van der Waals surface area contributed by atoms with Gasteiger partial charge in [0.25, 0.3) is 0 Å². The second-order valence-electron chi connectivity index (χ2n) is 12.7. The fraction of sp³-hybridized carbons (Fsp3) is 0.0204. The van der Waals surface area contributed by atoms with E-state index in [9.17, 15) is 0 Å². The van der Waals surface area contributed by atoms with Gasteiger partial charge in [-0.3, -0.25) is 0 Å². The molecule has 8 aromatic rings. The molecule has 0 heterocycles. The van der Waals surface area contributed by atoms with Crippen molar-refractivity contribution in [2.24, 2.45) is 0 Å². The van der Waals surface area contributed by atoms with Crippen molar-refractivity contribution in [2.75, 3.05) is 9.80 Å². The highest BCUT2D eigenvalue weighted by Crippen LogP contribution is 2.40. The van der Waals surface area contributed by atoms with E-state index >= 15 is 0 Å². The van der Waals surface area contributed by atoms with Crippen molar-refractivity contribution in [3.8, 4) is 11.1 Å². The van der Waals surface area contributed by atoms with Crippen LogP contribution in [0.1, 0.15) is 16.7 Å². The lowest BCUT2D eigenvalue weighted by Gasteiger charge is -2.28. The largest absolute Gasteiger partial charge is 0.311 e. The maximum absolute atomic E-state index is 2.37. The fourth-order valence-electron chi connectivity index (χ4n) is 6.74. The van der Waals surface area contributed by atoms with Gasteiger partial charge in [-0.1, -0.05) is 152 Å². The van der Waals surface area contributed by atoms with Crippen LogP contribution in [0.25, 0.3) is 34.1 Å². The van der Waals surface area contributed by atoms with Gasteiger partial charge in [0.05, 0.1) is 5.69 Å². The van der Waals surface area contributed by atoms with Gasteiger partial charge in [0.2, 0.25) is 0 Å². The molecule has 0 radical (unpaired) electrons. The molecule has 51 heavy (non-hydrogen) atoms. The lowest BCUT2D eigenvalue weighted by Crippen LogP contribution is -2.11. The number of benzene rings is 8. The standard InChI is InChI=1S/C49H38N2/c1-37-13-8-11-21-48(37)51(49-22-12-15-42-14-9-10-20-47(42)49)46-33-27-39(28-34-46)24-23-38-25-29-40(30-26-38)41-31-35-45(36-32-41)50(43-16-4-2-5-17-43)44-18-6-3-7-19-44/h2-36H,1H3. The Hall–Kier alpha value is -6.64. The highest BCUT2D eigenvalue weighted by Gasteiger charge is 2.17. The van der Waals surface area contributed by atoms with Crippen molar-refractivity contribution in [3.05, 3.63) is 217 Å². The molecule has 0 fully saturated rings. The summed E-state index contributed by atoms with van der Waals surface area (Å²) in [6.07, 6.45) is 4.37. The maximum atomic E-state index is 2.37. The molecule has 8 aromatic carbocycles. The summed E-state index contributed by atoms with van der Waals surface area (Å²) in [6, 6.07) is 71.2. The molecule has 8 rings (SSSR count). The molecule has 0 amide bonds. The average Bonchev–Trinajstić information content (AvgIpc) is 3.20. The highest BCUT2D eigenvalue weighted by molar-refractivity contribution is 5.99. The molecule has 244 valence electrons. The summed E-state index contributed by atoms with van der Waals surface area (Å²) in [5.74, 6) is 0. The molecule has 2 heteroatoms. The second kappa shape index (κ2) is 14.5.